The third-order valence-corrected chi connectivity index (χ3v) is 0.541. The quantitative estimate of drug-likeness (QED) is 0.339. The van der Waals surface area contributed by atoms with Gasteiger partial charge in [0, 0.05) is 6.54 Å². The molecule has 0 radical (unpaired) electrons. The fourth-order valence-electron chi connectivity index (χ4n) is 0.288. The Morgan fingerprint density at radius 1 is 1.50 bits per heavy atom. The minimum atomic E-state index is 0.715. The Labute approximate surface area is 35.8 Å². The first-order valence-corrected chi connectivity index (χ1v) is 1.85. The number of nitrogens with one attached hydrogen (secondary N) is 3. The van der Waals surface area contributed by atoms with Crippen LogP contribution >= 0.6 is 0 Å². The molecule has 4 nitrogen and oxygen atoms in total. The van der Waals surface area contributed by atoms with Gasteiger partial charge in [-0.3, -0.25) is 4.84 Å². The van der Waals surface area contributed by atoms with Gasteiger partial charge in [-0.25, -0.2) is 5.43 Å². The summed E-state index contributed by atoms with van der Waals surface area (Å²) in [5.74, 6) is 0. The monoisotopic (exact) mass is 89.1 g/mol. The molecule has 1 aliphatic rings. The van der Waals surface area contributed by atoms with Gasteiger partial charge in [-0.15, -0.1) is 5.59 Å². The first-order valence-electron chi connectivity index (χ1n) is 1.85. The average molecular weight is 89.1 g/mol. The molecule has 0 aliphatic carbocycles. The molecule has 0 saturated carbocycles. The van der Waals surface area contributed by atoms with E-state index in [-0.39, 0.29) is 0 Å². The van der Waals surface area contributed by atoms with Crippen molar-refractivity contribution in [1.82, 2.24) is 16.5 Å². The van der Waals surface area contributed by atoms with Crippen LogP contribution in [0.3, 0.4) is 0 Å². The molecule has 1 heterocycles. The number of hydrogen-bond acceptors (Lipinski definition) is 4. The molecular weight excluding hydrogens is 82.0 g/mol. The van der Waals surface area contributed by atoms with E-state index in [4.69, 9.17) is 0 Å². The lowest BCUT2D eigenvalue weighted by Gasteiger charge is -2.13. The van der Waals surface area contributed by atoms with E-state index in [0.29, 0.717) is 6.61 Å². The predicted octanol–water partition coefficient (Wildman–Crippen LogP) is -1.47. The van der Waals surface area contributed by atoms with Crippen LogP contribution < -0.4 is 16.5 Å². The van der Waals surface area contributed by atoms with Crippen molar-refractivity contribution in [3.05, 3.63) is 0 Å². The fraction of sp³-hybridized carbons (Fsp3) is 1.00. The molecule has 0 aromatic carbocycles. The van der Waals surface area contributed by atoms with E-state index in [9.17, 15) is 0 Å². The molecule has 1 saturated heterocycles. The van der Waals surface area contributed by atoms with E-state index in [1.54, 1.807) is 0 Å². The first kappa shape index (κ1) is 4.01. The van der Waals surface area contributed by atoms with E-state index in [0.717, 1.165) is 6.54 Å². The van der Waals surface area contributed by atoms with Gasteiger partial charge in [0.15, 0.2) is 0 Å². The highest BCUT2D eigenvalue weighted by atomic mass is 16.7. The topological polar surface area (TPSA) is 45.3 Å². The van der Waals surface area contributed by atoms with E-state index in [1.807, 2.05) is 0 Å². The highest BCUT2D eigenvalue weighted by molar-refractivity contribution is 4.34. The van der Waals surface area contributed by atoms with E-state index >= 15 is 0 Å². The van der Waals surface area contributed by atoms with Gasteiger partial charge in [0.25, 0.3) is 0 Å². The van der Waals surface area contributed by atoms with Crippen LogP contribution in [0, 0.1) is 0 Å². The standard InChI is InChI=1S/C2H7N3O/c1-2-6-5-4-3-1/h3-5H,1-2H2. The second-order valence-electron chi connectivity index (χ2n) is 1.00. The van der Waals surface area contributed by atoms with Crippen molar-refractivity contribution in [1.29, 1.82) is 0 Å². The maximum Gasteiger partial charge on any atom is 0.0838 e. The lowest BCUT2D eigenvalue weighted by Crippen LogP contribution is -2.50. The summed E-state index contributed by atoms with van der Waals surface area (Å²) in [7, 11) is 0. The lowest BCUT2D eigenvalue weighted by molar-refractivity contribution is -0.0320. The van der Waals surface area contributed by atoms with Gasteiger partial charge < -0.3 is 0 Å². The molecule has 1 aliphatic heterocycles. The SMILES string of the molecule is C1CONNN1. The van der Waals surface area contributed by atoms with Gasteiger partial charge >= 0.3 is 0 Å². The molecule has 36 valence electrons. The van der Waals surface area contributed by atoms with Crippen molar-refractivity contribution in [2.24, 2.45) is 0 Å². The summed E-state index contributed by atoms with van der Waals surface area (Å²) >= 11 is 0. The van der Waals surface area contributed by atoms with Crippen LogP contribution in [-0.2, 0) is 4.84 Å². The third-order valence-electron chi connectivity index (χ3n) is 0.541. The second-order valence-corrected chi connectivity index (χ2v) is 1.00. The molecule has 4 heteroatoms. The second kappa shape index (κ2) is 2.09. The molecule has 0 bridgehead atoms. The van der Waals surface area contributed by atoms with Crippen LogP contribution in [0.15, 0.2) is 0 Å². The van der Waals surface area contributed by atoms with E-state index in [2.05, 4.69) is 21.4 Å². The van der Waals surface area contributed by atoms with Crippen LogP contribution in [0.25, 0.3) is 0 Å². The van der Waals surface area contributed by atoms with Crippen LogP contribution in [0.5, 0.6) is 0 Å². The summed E-state index contributed by atoms with van der Waals surface area (Å²) in [4.78, 5) is 4.65. The first-order chi connectivity index (χ1) is 3.00. The zero-order valence-corrected chi connectivity index (χ0v) is 3.32. The molecule has 0 atom stereocenters. The molecule has 1 rings (SSSR count). The summed E-state index contributed by atoms with van der Waals surface area (Å²) in [5, 5.41) is 0. The fourth-order valence-corrected chi connectivity index (χ4v) is 0.288. The highest BCUT2D eigenvalue weighted by Gasteiger charge is 1.90. The molecule has 0 aromatic rings. The number of hydrazine groups is 2. The van der Waals surface area contributed by atoms with Crippen LogP contribution in [0.4, 0.5) is 0 Å². The Balaban J connectivity index is 2.00. The molecule has 1 fully saturated rings. The minimum absolute atomic E-state index is 0.715. The van der Waals surface area contributed by atoms with Gasteiger partial charge in [0.1, 0.15) is 0 Å². The van der Waals surface area contributed by atoms with Crippen molar-refractivity contribution in [3.63, 3.8) is 0 Å². The van der Waals surface area contributed by atoms with Crippen molar-refractivity contribution < 1.29 is 4.84 Å². The van der Waals surface area contributed by atoms with Crippen molar-refractivity contribution in [2.75, 3.05) is 13.2 Å². The minimum Gasteiger partial charge on any atom is -0.284 e. The Hall–Kier alpha value is -0.160. The Bertz CT molecular complexity index is 24.3. The molecule has 0 unspecified atom stereocenters. The predicted molar refractivity (Wildman–Crippen MR) is 20.2 cm³/mol. The lowest BCUT2D eigenvalue weighted by atomic mass is 10.7. The summed E-state index contributed by atoms with van der Waals surface area (Å²) in [6, 6.07) is 0. The highest BCUT2D eigenvalue weighted by Crippen LogP contribution is 1.63. The van der Waals surface area contributed by atoms with Gasteiger partial charge in [0.2, 0.25) is 0 Å². The summed E-state index contributed by atoms with van der Waals surface area (Å²) in [5.41, 5.74) is 7.78. The molecule has 0 spiro atoms. The molecule has 6 heavy (non-hydrogen) atoms. The zero-order chi connectivity index (χ0) is 4.24. The van der Waals surface area contributed by atoms with E-state index in [1.165, 1.54) is 0 Å². The summed E-state index contributed by atoms with van der Waals surface area (Å²) in [6.45, 7) is 1.57. The molecule has 0 aromatic heterocycles. The Kier molecular flexibility index (Phi) is 1.40. The van der Waals surface area contributed by atoms with Gasteiger partial charge in [-0.05, 0) is 0 Å². The molecular formula is C2H7N3O. The van der Waals surface area contributed by atoms with Crippen molar-refractivity contribution >= 4 is 0 Å². The van der Waals surface area contributed by atoms with Gasteiger partial charge in [-0.2, -0.15) is 5.53 Å². The Morgan fingerprint density at radius 2 is 2.50 bits per heavy atom. The smallest absolute Gasteiger partial charge is 0.0838 e. The zero-order valence-electron chi connectivity index (χ0n) is 3.32. The third kappa shape index (κ3) is 0.908. The van der Waals surface area contributed by atoms with Crippen LogP contribution in [0.1, 0.15) is 0 Å². The summed E-state index contributed by atoms with van der Waals surface area (Å²) < 4.78 is 0. The average Bonchev–Trinajstić information content (AvgIpc) is 1.72. The molecule has 0 amide bonds. The van der Waals surface area contributed by atoms with Crippen molar-refractivity contribution in [2.45, 2.75) is 0 Å². The maximum absolute atomic E-state index is 4.65. The summed E-state index contributed by atoms with van der Waals surface area (Å²) in [6.07, 6.45) is 0. The van der Waals surface area contributed by atoms with Gasteiger partial charge in [0.05, 0.1) is 6.61 Å². The number of hydrogen-bond donors (Lipinski definition) is 3. The van der Waals surface area contributed by atoms with Crippen molar-refractivity contribution in [3.8, 4) is 0 Å². The van der Waals surface area contributed by atoms with Gasteiger partial charge in [-0.1, -0.05) is 0 Å². The van der Waals surface area contributed by atoms with Crippen LogP contribution in [-0.4, -0.2) is 13.2 Å². The Morgan fingerprint density at radius 3 is 2.67 bits per heavy atom. The number of rotatable bonds is 0. The van der Waals surface area contributed by atoms with E-state index < -0.39 is 0 Å². The largest absolute Gasteiger partial charge is 0.284 e. The maximum atomic E-state index is 4.65. The molecule has 3 N–H and O–H groups in total. The van der Waals surface area contributed by atoms with Crippen LogP contribution in [0.2, 0.25) is 0 Å². The normalized spacial score (nSPS) is 24.0.